The molecule has 1 amide bonds. The molecule has 21 heavy (non-hydrogen) atoms. The maximum atomic E-state index is 11.3. The van der Waals surface area contributed by atoms with E-state index in [0.29, 0.717) is 12.0 Å². The Kier molecular flexibility index (Phi) is 3.94. The van der Waals surface area contributed by atoms with Gasteiger partial charge in [0.2, 0.25) is 0 Å². The van der Waals surface area contributed by atoms with E-state index in [4.69, 9.17) is 4.74 Å². The number of anilines is 1. The van der Waals surface area contributed by atoms with Gasteiger partial charge in [0.25, 0.3) is 0 Å². The second kappa shape index (κ2) is 6.03. The van der Waals surface area contributed by atoms with Crippen molar-refractivity contribution in [3.63, 3.8) is 0 Å². The first-order valence-corrected chi connectivity index (χ1v) is 7.12. The van der Waals surface area contributed by atoms with Crippen LogP contribution in [0.15, 0.2) is 23.2 Å². The summed E-state index contributed by atoms with van der Waals surface area (Å²) < 4.78 is 10.3. The van der Waals surface area contributed by atoms with Gasteiger partial charge in [-0.1, -0.05) is 0 Å². The summed E-state index contributed by atoms with van der Waals surface area (Å²) in [6.07, 6.45) is 3.31. The van der Waals surface area contributed by atoms with Gasteiger partial charge < -0.3 is 14.8 Å². The molecule has 3 rings (SSSR count). The van der Waals surface area contributed by atoms with Crippen LogP contribution in [-0.2, 0) is 4.74 Å². The number of ether oxygens (including phenoxy) is 2. The molecule has 2 N–H and O–H groups in total. The van der Waals surface area contributed by atoms with E-state index in [9.17, 15) is 4.79 Å². The molecule has 0 saturated heterocycles. The van der Waals surface area contributed by atoms with Gasteiger partial charge in [0, 0.05) is 11.7 Å². The Bertz CT molecular complexity index is 551. The first-order valence-electron chi connectivity index (χ1n) is 7.12. The van der Waals surface area contributed by atoms with E-state index >= 15 is 0 Å². The summed E-state index contributed by atoms with van der Waals surface area (Å²) >= 11 is 0. The lowest BCUT2D eigenvalue weighted by Gasteiger charge is -2.28. The summed E-state index contributed by atoms with van der Waals surface area (Å²) in [6, 6.07) is 6.10. The quantitative estimate of drug-likeness (QED) is 0.894. The average Bonchev–Trinajstić information content (AvgIpc) is 3.01. The Balaban J connectivity index is 1.77. The molecule has 1 aromatic carbocycles. The number of carbonyl (C=O) groups excluding carboxylic acids is 1. The summed E-state index contributed by atoms with van der Waals surface area (Å²) in [5.74, 6) is 1.31. The average molecular weight is 289 g/mol. The Morgan fingerprint density at radius 2 is 2.48 bits per heavy atom. The fourth-order valence-electron chi connectivity index (χ4n) is 2.83. The van der Waals surface area contributed by atoms with E-state index in [1.165, 1.54) is 7.11 Å². The largest absolute Gasteiger partial charge is 0.493 e. The molecular weight excluding hydrogens is 270 g/mol. The smallest absolute Gasteiger partial charge is 0.411 e. The molecule has 0 radical (unpaired) electrons. The van der Waals surface area contributed by atoms with Crippen LogP contribution < -0.4 is 15.4 Å². The third kappa shape index (κ3) is 3.09. The molecule has 0 spiro atoms. The molecule has 6 nitrogen and oxygen atoms in total. The summed E-state index contributed by atoms with van der Waals surface area (Å²) in [7, 11) is 1.35. The second-order valence-corrected chi connectivity index (χ2v) is 5.30. The van der Waals surface area contributed by atoms with Crippen molar-refractivity contribution >= 4 is 18.1 Å². The van der Waals surface area contributed by atoms with Crippen LogP contribution in [0.5, 0.6) is 5.75 Å². The lowest BCUT2D eigenvalue weighted by molar-refractivity contribution is 0.187. The first-order chi connectivity index (χ1) is 10.3. The van der Waals surface area contributed by atoms with Crippen LogP contribution >= 0.6 is 0 Å². The third-order valence-electron chi connectivity index (χ3n) is 3.90. The molecule has 1 aromatic rings. The van der Waals surface area contributed by atoms with Gasteiger partial charge in [-0.25, -0.2) is 4.79 Å². The van der Waals surface area contributed by atoms with Crippen LogP contribution in [0, 0.1) is 0 Å². The molecule has 2 atom stereocenters. The molecule has 0 saturated carbocycles. The number of benzene rings is 1. The van der Waals surface area contributed by atoms with Crippen molar-refractivity contribution in [3.05, 3.63) is 23.8 Å². The van der Waals surface area contributed by atoms with Crippen molar-refractivity contribution in [2.45, 2.75) is 24.8 Å². The van der Waals surface area contributed by atoms with Crippen molar-refractivity contribution in [2.75, 3.05) is 25.6 Å². The van der Waals surface area contributed by atoms with E-state index < -0.39 is 6.09 Å². The van der Waals surface area contributed by atoms with Gasteiger partial charge in [-0.15, -0.1) is 0 Å². The standard InChI is InChI=1S/C15H19N3O3/c1-20-15(19)18-11-2-3-14-13(7-11)10(4-5-21-14)6-12-8-16-9-17-12/h2-3,7,9-10,12H,4-6,8H2,1H3,(H,16,17)(H,18,19). The maximum absolute atomic E-state index is 11.3. The zero-order valence-corrected chi connectivity index (χ0v) is 12.0. The van der Waals surface area contributed by atoms with Crippen LogP contribution in [0.25, 0.3) is 0 Å². The number of hydrogen-bond acceptors (Lipinski definition) is 5. The minimum absolute atomic E-state index is 0.387. The monoisotopic (exact) mass is 289 g/mol. The highest BCUT2D eigenvalue weighted by Gasteiger charge is 2.25. The highest BCUT2D eigenvalue weighted by atomic mass is 16.5. The molecule has 0 aliphatic carbocycles. The van der Waals surface area contributed by atoms with Crippen molar-refractivity contribution < 1.29 is 14.3 Å². The Morgan fingerprint density at radius 3 is 3.24 bits per heavy atom. The number of carbonyl (C=O) groups is 1. The topological polar surface area (TPSA) is 72.0 Å². The van der Waals surface area contributed by atoms with Gasteiger partial charge in [-0.05, 0) is 42.5 Å². The number of aliphatic imine (C=N–C) groups is 1. The molecule has 0 bridgehead atoms. The van der Waals surface area contributed by atoms with E-state index in [2.05, 4.69) is 20.4 Å². The predicted octanol–water partition coefficient (Wildman–Crippen LogP) is 2.12. The molecule has 2 heterocycles. The van der Waals surface area contributed by atoms with Gasteiger partial charge in [0.1, 0.15) is 5.75 Å². The minimum Gasteiger partial charge on any atom is -0.493 e. The minimum atomic E-state index is -0.464. The number of fused-ring (bicyclic) bond motifs is 1. The van der Waals surface area contributed by atoms with Crippen LogP contribution in [0.1, 0.15) is 24.3 Å². The number of nitrogens with one attached hydrogen (secondary N) is 2. The fraction of sp³-hybridized carbons (Fsp3) is 0.467. The van der Waals surface area contributed by atoms with Gasteiger partial charge in [-0.2, -0.15) is 0 Å². The van der Waals surface area contributed by atoms with Crippen LogP contribution in [-0.4, -0.2) is 38.7 Å². The fourth-order valence-corrected chi connectivity index (χ4v) is 2.83. The Labute approximate surface area is 123 Å². The molecule has 0 fully saturated rings. The number of amides is 1. The molecule has 2 aliphatic heterocycles. The third-order valence-corrected chi connectivity index (χ3v) is 3.90. The van der Waals surface area contributed by atoms with Gasteiger partial charge in [0.15, 0.2) is 0 Å². The van der Waals surface area contributed by atoms with Crippen LogP contribution in [0.4, 0.5) is 10.5 Å². The lowest BCUT2D eigenvalue weighted by atomic mass is 9.87. The Morgan fingerprint density at radius 1 is 1.57 bits per heavy atom. The van der Waals surface area contributed by atoms with Crippen LogP contribution in [0.2, 0.25) is 0 Å². The van der Waals surface area contributed by atoms with E-state index in [1.807, 2.05) is 18.2 Å². The SMILES string of the molecule is COC(=O)Nc1ccc2c(c1)C(CC1CN=CN1)CCO2. The van der Waals surface area contributed by atoms with Crippen molar-refractivity contribution in [2.24, 2.45) is 4.99 Å². The zero-order valence-electron chi connectivity index (χ0n) is 12.0. The van der Waals surface area contributed by atoms with E-state index in [0.717, 1.165) is 43.0 Å². The molecule has 6 heteroatoms. The summed E-state index contributed by atoms with van der Waals surface area (Å²) in [4.78, 5) is 15.5. The molecule has 0 aromatic heterocycles. The van der Waals surface area contributed by atoms with Gasteiger partial charge in [-0.3, -0.25) is 10.3 Å². The number of hydrogen-bond donors (Lipinski definition) is 2. The van der Waals surface area contributed by atoms with Crippen molar-refractivity contribution in [1.29, 1.82) is 0 Å². The predicted molar refractivity (Wildman–Crippen MR) is 80.2 cm³/mol. The maximum Gasteiger partial charge on any atom is 0.411 e. The highest BCUT2D eigenvalue weighted by molar-refractivity contribution is 5.84. The Hall–Kier alpha value is -2.24. The van der Waals surface area contributed by atoms with Gasteiger partial charge >= 0.3 is 6.09 Å². The van der Waals surface area contributed by atoms with E-state index in [1.54, 1.807) is 6.34 Å². The normalized spacial score (nSPS) is 22.9. The second-order valence-electron chi connectivity index (χ2n) is 5.30. The lowest BCUT2D eigenvalue weighted by Crippen LogP contribution is -2.28. The van der Waals surface area contributed by atoms with E-state index in [-0.39, 0.29) is 0 Å². The summed E-state index contributed by atoms with van der Waals surface area (Å²) in [6.45, 7) is 1.56. The highest BCUT2D eigenvalue weighted by Crippen LogP contribution is 2.38. The van der Waals surface area contributed by atoms with Gasteiger partial charge in [0.05, 0.1) is 26.6 Å². The molecular formula is C15H19N3O3. The summed E-state index contributed by atoms with van der Waals surface area (Å²) in [5, 5.41) is 5.97. The zero-order chi connectivity index (χ0) is 14.7. The molecule has 112 valence electrons. The van der Waals surface area contributed by atoms with Crippen LogP contribution in [0.3, 0.4) is 0 Å². The molecule has 2 unspecified atom stereocenters. The number of methoxy groups -OCH3 is 1. The van der Waals surface area contributed by atoms with Crippen molar-refractivity contribution in [3.8, 4) is 5.75 Å². The van der Waals surface area contributed by atoms with Crippen molar-refractivity contribution in [1.82, 2.24) is 5.32 Å². The number of rotatable bonds is 3. The number of nitrogens with zero attached hydrogens (tertiary/aromatic N) is 1. The first kappa shape index (κ1) is 13.7. The molecule has 2 aliphatic rings. The summed E-state index contributed by atoms with van der Waals surface area (Å²) in [5.41, 5.74) is 1.87.